The van der Waals surface area contributed by atoms with Gasteiger partial charge in [0.2, 0.25) is 5.88 Å². The standard InChI is InChI=1S/C15H16N2O2S/c1-10(2)11-5-3-4-6-13(11)19-14-12(9-18)17-7-8-20-15(17)16-14/h3-8,10,18H,9H2,1-2H3. The van der Waals surface area contributed by atoms with Crippen LogP contribution in [0.4, 0.5) is 0 Å². The van der Waals surface area contributed by atoms with Gasteiger partial charge in [0.05, 0.1) is 6.61 Å². The fraction of sp³-hybridized carbons (Fsp3) is 0.267. The number of aliphatic hydroxyl groups excluding tert-OH is 1. The van der Waals surface area contributed by atoms with Gasteiger partial charge in [-0.2, -0.15) is 4.98 Å². The number of rotatable bonds is 4. The Bertz CT molecular complexity index is 730. The summed E-state index contributed by atoms with van der Waals surface area (Å²) < 4.78 is 7.81. The molecule has 104 valence electrons. The molecule has 0 aliphatic rings. The Balaban J connectivity index is 2.03. The van der Waals surface area contributed by atoms with E-state index in [1.54, 1.807) is 0 Å². The fourth-order valence-corrected chi connectivity index (χ4v) is 2.92. The number of para-hydroxylation sites is 1. The Morgan fingerprint density at radius 2 is 2.15 bits per heavy atom. The van der Waals surface area contributed by atoms with Gasteiger partial charge in [0.15, 0.2) is 4.96 Å². The number of hydrogen-bond donors (Lipinski definition) is 1. The van der Waals surface area contributed by atoms with Crippen LogP contribution in [-0.2, 0) is 6.61 Å². The second kappa shape index (κ2) is 5.26. The topological polar surface area (TPSA) is 46.8 Å². The summed E-state index contributed by atoms with van der Waals surface area (Å²) in [5.74, 6) is 1.64. The number of nitrogens with zero attached hydrogens (tertiary/aromatic N) is 2. The minimum absolute atomic E-state index is 0.100. The monoisotopic (exact) mass is 288 g/mol. The van der Waals surface area contributed by atoms with Crippen LogP contribution in [0.25, 0.3) is 4.96 Å². The number of aliphatic hydroxyl groups is 1. The van der Waals surface area contributed by atoms with Gasteiger partial charge in [0.25, 0.3) is 0 Å². The van der Waals surface area contributed by atoms with Gasteiger partial charge in [-0.15, -0.1) is 11.3 Å². The first-order valence-corrected chi connectivity index (χ1v) is 7.40. The van der Waals surface area contributed by atoms with Crippen molar-refractivity contribution in [2.45, 2.75) is 26.4 Å². The van der Waals surface area contributed by atoms with Crippen molar-refractivity contribution in [2.24, 2.45) is 0 Å². The molecule has 0 aliphatic heterocycles. The largest absolute Gasteiger partial charge is 0.437 e. The van der Waals surface area contributed by atoms with Crippen molar-refractivity contribution in [3.8, 4) is 11.6 Å². The minimum atomic E-state index is -0.100. The molecular weight excluding hydrogens is 272 g/mol. The molecule has 0 radical (unpaired) electrons. The molecule has 0 aliphatic carbocycles. The van der Waals surface area contributed by atoms with Gasteiger partial charge in [-0.1, -0.05) is 32.0 Å². The third-order valence-corrected chi connectivity index (χ3v) is 3.98. The summed E-state index contributed by atoms with van der Waals surface area (Å²) in [7, 11) is 0. The Hall–Kier alpha value is -1.85. The number of ether oxygens (including phenoxy) is 1. The first kappa shape index (κ1) is 13.1. The van der Waals surface area contributed by atoms with Crippen molar-refractivity contribution < 1.29 is 9.84 Å². The lowest BCUT2D eigenvalue weighted by Crippen LogP contribution is -1.97. The van der Waals surface area contributed by atoms with Crippen LogP contribution in [0.3, 0.4) is 0 Å². The van der Waals surface area contributed by atoms with Crippen molar-refractivity contribution >= 4 is 16.3 Å². The summed E-state index contributed by atoms with van der Waals surface area (Å²) in [6, 6.07) is 7.93. The van der Waals surface area contributed by atoms with Gasteiger partial charge in [-0.3, -0.25) is 4.40 Å². The zero-order valence-electron chi connectivity index (χ0n) is 11.4. The maximum Gasteiger partial charge on any atom is 0.244 e. The molecule has 3 aromatic rings. The average molecular weight is 288 g/mol. The second-order valence-corrected chi connectivity index (χ2v) is 5.74. The summed E-state index contributed by atoms with van der Waals surface area (Å²) in [6.07, 6.45) is 1.89. The lowest BCUT2D eigenvalue weighted by Gasteiger charge is -2.12. The molecule has 3 rings (SSSR count). The maximum atomic E-state index is 9.54. The third kappa shape index (κ3) is 2.19. The van der Waals surface area contributed by atoms with Crippen molar-refractivity contribution in [1.82, 2.24) is 9.38 Å². The molecule has 0 fully saturated rings. The van der Waals surface area contributed by atoms with E-state index in [2.05, 4.69) is 24.9 Å². The van der Waals surface area contributed by atoms with Crippen LogP contribution in [-0.4, -0.2) is 14.5 Å². The molecule has 0 saturated heterocycles. The molecule has 2 aromatic heterocycles. The van der Waals surface area contributed by atoms with Crippen molar-refractivity contribution in [3.05, 3.63) is 47.1 Å². The number of thiazole rings is 1. The Morgan fingerprint density at radius 1 is 1.35 bits per heavy atom. The van der Waals surface area contributed by atoms with E-state index in [1.165, 1.54) is 11.3 Å². The lowest BCUT2D eigenvalue weighted by atomic mass is 10.0. The summed E-state index contributed by atoms with van der Waals surface area (Å²) in [5, 5.41) is 11.5. The fourth-order valence-electron chi connectivity index (χ4n) is 2.19. The van der Waals surface area contributed by atoms with E-state index in [0.29, 0.717) is 17.5 Å². The van der Waals surface area contributed by atoms with E-state index in [0.717, 1.165) is 16.3 Å². The molecular formula is C15H16N2O2S. The summed E-state index contributed by atoms with van der Waals surface area (Å²) in [6.45, 7) is 4.15. The third-order valence-electron chi connectivity index (χ3n) is 3.22. The van der Waals surface area contributed by atoms with E-state index in [4.69, 9.17) is 4.74 Å². The summed E-state index contributed by atoms with van der Waals surface area (Å²) in [4.78, 5) is 5.26. The Labute approximate surface area is 121 Å². The zero-order valence-corrected chi connectivity index (χ0v) is 12.2. The molecule has 1 aromatic carbocycles. The van der Waals surface area contributed by atoms with Crippen LogP contribution in [0.1, 0.15) is 31.0 Å². The highest BCUT2D eigenvalue weighted by atomic mass is 32.1. The van der Waals surface area contributed by atoms with Crippen LogP contribution >= 0.6 is 11.3 Å². The molecule has 20 heavy (non-hydrogen) atoms. The van der Waals surface area contributed by atoms with E-state index in [9.17, 15) is 5.11 Å². The van der Waals surface area contributed by atoms with Crippen LogP contribution in [0.15, 0.2) is 35.8 Å². The maximum absolute atomic E-state index is 9.54. The average Bonchev–Trinajstić information content (AvgIpc) is 2.99. The second-order valence-electron chi connectivity index (χ2n) is 4.87. The molecule has 0 atom stereocenters. The molecule has 5 heteroatoms. The number of benzene rings is 1. The van der Waals surface area contributed by atoms with Gasteiger partial charge in [0, 0.05) is 11.6 Å². The van der Waals surface area contributed by atoms with E-state index in [1.807, 2.05) is 34.2 Å². The SMILES string of the molecule is CC(C)c1ccccc1Oc1nc2sccn2c1CO. The zero-order chi connectivity index (χ0) is 14.1. The first-order chi connectivity index (χ1) is 9.70. The molecule has 0 saturated carbocycles. The molecule has 2 heterocycles. The van der Waals surface area contributed by atoms with Crippen molar-refractivity contribution in [1.29, 1.82) is 0 Å². The summed E-state index contributed by atoms with van der Waals surface area (Å²) in [5.41, 5.74) is 1.81. The molecule has 1 N–H and O–H groups in total. The van der Waals surface area contributed by atoms with Gasteiger partial charge in [-0.25, -0.2) is 0 Å². The highest BCUT2D eigenvalue weighted by Crippen LogP contribution is 2.32. The van der Waals surface area contributed by atoms with Crippen LogP contribution < -0.4 is 4.74 Å². The van der Waals surface area contributed by atoms with Crippen LogP contribution in [0.5, 0.6) is 11.6 Å². The smallest absolute Gasteiger partial charge is 0.244 e. The van der Waals surface area contributed by atoms with Crippen molar-refractivity contribution in [2.75, 3.05) is 0 Å². The predicted octanol–water partition coefficient (Wildman–Crippen LogP) is 3.80. The normalized spacial score (nSPS) is 11.4. The number of aromatic nitrogens is 2. The van der Waals surface area contributed by atoms with Gasteiger partial charge >= 0.3 is 0 Å². The van der Waals surface area contributed by atoms with Crippen molar-refractivity contribution in [3.63, 3.8) is 0 Å². The van der Waals surface area contributed by atoms with E-state index in [-0.39, 0.29) is 6.61 Å². The molecule has 0 bridgehead atoms. The van der Waals surface area contributed by atoms with Crippen LogP contribution in [0, 0.1) is 0 Å². The van der Waals surface area contributed by atoms with E-state index < -0.39 is 0 Å². The minimum Gasteiger partial charge on any atom is -0.437 e. The lowest BCUT2D eigenvalue weighted by molar-refractivity contribution is 0.269. The van der Waals surface area contributed by atoms with Gasteiger partial charge < -0.3 is 9.84 Å². The van der Waals surface area contributed by atoms with Gasteiger partial charge in [0.1, 0.15) is 11.4 Å². The number of hydrogen-bond acceptors (Lipinski definition) is 4. The molecule has 4 nitrogen and oxygen atoms in total. The number of fused-ring (bicyclic) bond motifs is 1. The highest BCUT2D eigenvalue weighted by molar-refractivity contribution is 7.15. The predicted molar refractivity (Wildman–Crippen MR) is 79.6 cm³/mol. The quantitative estimate of drug-likeness (QED) is 0.794. The summed E-state index contributed by atoms with van der Waals surface area (Å²) >= 11 is 1.52. The molecule has 0 amide bonds. The molecule has 0 unspecified atom stereocenters. The first-order valence-electron chi connectivity index (χ1n) is 6.52. The number of imidazole rings is 1. The Kier molecular flexibility index (Phi) is 3.46. The highest BCUT2D eigenvalue weighted by Gasteiger charge is 2.16. The van der Waals surface area contributed by atoms with E-state index >= 15 is 0 Å². The molecule has 0 spiro atoms. The van der Waals surface area contributed by atoms with Crippen LogP contribution in [0.2, 0.25) is 0 Å². The Morgan fingerprint density at radius 3 is 2.90 bits per heavy atom. The van der Waals surface area contributed by atoms with Gasteiger partial charge in [-0.05, 0) is 17.5 Å².